The second kappa shape index (κ2) is 7.96. The Labute approximate surface area is 103 Å². The SMILES string of the molecule is CCCNC(CSCC(=O)OCC)C1CC1. The molecule has 1 saturated carbocycles. The molecule has 1 unspecified atom stereocenters. The number of nitrogens with one attached hydrogen (secondary N) is 1. The first-order valence-corrected chi connectivity index (χ1v) is 7.40. The molecule has 0 aromatic rings. The van der Waals surface area contributed by atoms with Crippen LogP contribution in [0.3, 0.4) is 0 Å². The van der Waals surface area contributed by atoms with Crippen molar-refractivity contribution in [2.24, 2.45) is 5.92 Å². The van der Waals surface area contributed by atoms with E-state index in [9.17, 15) is 4.79 Å². The Balaban J connectivity index is 2.09. The maximum Gasteiger partial charge on any atom is 0.315 e. The zero-order valence-corrected chi connectivity index (χ0v) is 11.1. The van der Waals surface area contributed by atoms with Crippen LogP contribution >= 0.6 is 11.8 Å². The van der Waals surface area contributed by atoms with Crippen LogP contribution in [0.25, 0.3) is 0 Å². The smallest absolute Gasteiger partial charge is 0.315 e. The zero-order chi connectivity index (χ0) is 11.8. The Kier molecular flexibility index (Phi) is 6.88. The lowest BCUT2D eigenvalue weighted by molar-refractivity contribution is -0.139. The third-order valence-corrected chi connectivity index (χ3v) is 3.70. The van der Waals surface area contributed by atoms with E-state index < -0.39 is 0 Å². The number of hydrogen-bond donors (Lipinski definition) is 1. The highest BCUT2D eigenvalue weighted by molar-refractivity contribution is 7.99. The third kappa shape index (κ3) is 5.75. The van der Waals surface area contributed by atoms with Crippen molar-refractivity contribution in [1.29, 1.82) is 0 Å². The number of rotatable bonds is 9. The third-order valence-electron chi connectivity index (χ3n) is 2.67. The number of thioether (sulfide) groups is 1. The number of esters is 1. The molecule has 4 heteroatoms. The molecule has 94 valence electrons. The van der Waals surface area contributed by atoms with E-state index in [0.717, 1.165) is 18.2 Å². The van der Waals surface area contributed by atoms with Gasteiger partial charge < -0.3 is 10.1 Å². The predicted octanol–water partition coefficient (Wildman–Crippen LogP) is 2.06. The molecule has 3 nitrogen and oxygen atoms in total. The van der Waals surface area contributed by atoms with Crippen LogP contribution in [0.5, 0.6) is 0 Å². The lowest BCUT2D eigenvalue weighted by Gasteiger charge is -2.17. The number of ether oxygens (including phenoxy) is 1. The van der Waals surface area contributed by atoms with Gasteiger partial charge in [0.05, 0.1) is 12.4 Å². The fourth-order valence-corrected chi connectivity index (χ4v) is 2.67. The van der Waals surface area contributed by atoms with Crippen LogP contribution < -0.4 is 5.32 Å². The molecule has 0 bridgehead atoms. The Bertz CT molecular complexity index is 207. The van der Waals surface area contributed by atoms with Crippen molar-refractivity contribution in [3.05, 3.63) is 0 Å². The van der Waals surface area contributed by atoms with Crippen molar-refractivity contribution < 1.29 is 9.53 Å². The summed E-state index contributed by atoms with van der Waals surface area (Å²) in [4.78, 5) is 11.2. The van der Waals surface area contributed by atoms with Gasteiger partial charge in [-0.1, -0.05) is 6.92 Å². The van der Waals surface area contributed by atoms with Crippen LogP contribution in [0.1, 0.15) is 33.1 Å². The van der Waals surface area contributed by atoms with Crippen molar-refractivity contribution >= 4 is 17.7 Å². The van der Waals surface area contributed by atoms with Crippen molar-refractivity contribution in [1.82, 2.24) is 5.32 Å². The van der Waals surface area contributed by atoms with Crippen molar-refractivity contribution in [2.45, 2.75) is 39.2 Å². The van der Waals surface area contributed by atoms with E-state index in [-0.39, 0.29) is 5.97 Å². The molecule has 1 N–H and O–H groups in total. The molecular formula is C12H23NO2S. The summed E-state index contributed by atoms with van der Waals surface area (Å²) in [7, 11) is 0. The van der Waals surface area contributed by atoms with Crippen molar-refractivity contribution in [2.75, 3.05) is 24.7 Å². The van der Waals surface area contributed by atoms with Crippen LogP contribution in [-0.4, -0.2) is 36.7 Å². The monoisotopic (exact) mass is 245 g/mol. The number of hydrogen-bond acceptors (Lipinski definition) is 4. The molecule has 16 heavy (non-hydrogen) atoms. The second-order valence-electron chi connectivity index (χ2n) is 4.22. The molecule has 1 atom stereocenters. The van der Waals surface area contributed by atoms with Gasteiger partial charge in [0.1, 0.15) is 0 Å². The molecule has 0 heterocycles. The summed E-state index contributed by atoms with van der Waals surface area (Å²) >= 11 is 1.69. The average Bonchev–Trinajstić information content (AvgIpc) is 3.07. The molecule has 1 aliphatic rings. The van der Waals surface area contributed by atoms with Crippen molar-refractivity contribution in [3.63, 3.8) is 0 Å². The molecule has 0 aromatic heterocycles. The van der Waals surface area contributed by atoms with E-state index in [2.05, 4.69) is 12.2 Å². The van der Waals surface area contributed by atoms with Crippen molar-refractivity contribution in [3.8, 4) is 0 Å². The summed E-state index contributed by atoms with van der Waals surface area (Å²) in [5.41, 5.74) is 0. The van der Waals surface area contributed by atoms with E-state index in [0.29, 0.717) is 18.4 Å². The maximum atomic E-state index is 11.2. The standard InChI is InChI=1S/C12H23NO2S/c1-3-7-13-11(10-5-6-10)8-16-9-12(14)15-4-2/h10-11,13H,3-9H2,1-2H3. The van der Waals surface area contributed by atoms with Gasteiger partial charge in [0.2, 0.25) is 0 Å². The summed E-state index contributed by atoms with van der Waals surface area (Å²) in [5.74, 6) is 2.28. The Morgan fingerprint density at radius 2 is 2.25 bits per heavy atom. The summed E-state index contributed by atoms with van der Waals surface area (Å²) in [6.45, 7) is 5.60. The van der Waals surface area contributed by atoms with E-state index in [1.165, 1.54) is 19.3 Å². The van der Waals surface area contributed by atoms with Gasteiger partial charge in [0.25, 0.3) is 0 Å². The Morgan fingerprint density at radius 3 is 2.81 bits per heavy atom. The minimum Gasteiger partial charge on any atom is -0.465 e. The molecule has 0 saturated heterocycles. The summed E-state index contributed by atoms with van der Waals surface area (Å²) < 4.78 is 4.90. The van der Waals surface area contributed by atoms with Crippen LogP contribution in [0.4, 0.5) is 0 Å². The molecule has 0 amide bonds. The van der Waals surface area contributed by atoms with Gasteiger partial charge in [-0.2, -0.15) is 0 Å². The zero-order valence-electron chi connectivity index (χ0n) is 10.3. The summed E-state index contributed by atoms with van der Waals surface area (Å²) in [6.07, 6.45) is 3.87. The molecule has 0 aromatic carbocycles. The average molecular weight is 245 g/mol. The van der Waals surface area contributed by atoms with Gasteiger partial charge in [-0.05, 0) is 38.6 Å². The van der Waals surface area contributed by atoms with E-state index in [1.807, 2.05) is 6.92 Å². The lowest BCUT2D eigenvalue weighted by Crippen LogP contribution is -2.34. The second-order valence-corrected chi connectivity index (χ2v) is 5.25. The number of carbonyl (C=O) groups excluding carboxylic acids is 1. The first-order chi connectivity index (χ1) is 7.77. The highest BCUT2D eigenvalue weighted by atomic mass is 32.2. The predicted molar refractivity (Wildman–Crippen MR) is 68.8 cm³/mol. The Morgan fingerprint density at radius 1 is 1.50 bits per heavy atom. The molecule has 0 spiro atoms. The van der Waals surface area contributed by atoms with Crippen LogP contribution in [0.15, 0.2) is 0 Å². The maximum absolute atomic E-state index is 11.2. The molecule has 1 rings (SSSR count). The van der Waals surface area contributed by atoms with Gasteiger partial charge >= 0.3 is 5.97 Å². The van der Waals surface area contributed by atoms with Gasteiger partial charge in [-0.15, -0.1) is 11.8 Å². The minimum absolute atomic E-state index is 0.0856. The quantitative estimate of drug-likeness (QED) is 0.631. The number of carbonyl (C=O) groups is 1. The first-order valence-electron chi connectivity index (χ1n) is 6.24. The Hall–Kier alpha value is -0.220. The highest BCUT2D eigenvalue weighted by Crippen LogP contribution is 2.34. The van der Waals surface area contributed by atoms with Crippen LogP contribution in [0, 0.1) is 5.92 Å². The summed E-state index contributed by atoms with van der Waals surface area (Å²) in [5, 5.41) is 3.56. The van der Waals surface area contributed by atoms with Gasteiger partial charge in [-0.25, -0.2) is 0 Å². The van der Waals surface area contributed by atoms with E-state index in [1.54, 1.807) is 11.8 Å². The van der Waals surface area contributed by atoms with Gasteiger partial charge in [0, 0.05) is 11.8 Å². The first kappa shape index (κ1) is 13.8. The normalized spacial score (nSPS) is 17.1. The van der Waals surface area contributed by atoms with Gasteiger partial charge in [0.15, 0.2) is 0 Å². The van der Waals surface area contributed by atoms with Gasteiger partial charge in [-0.3, -0.25) is 4.79 Å². The van der Waals surface area contributed by atoms with Crippen LogP contribution in [-0.2, 0) is 9.53 Å². The van der Waals surface area contributed by atoms with E-state index in [4.69, 9.17) is 4.74 Å². The molecule has 0 radical (unpaired) electrons. The molecule has 1 fully saturated rings. The summed E-state index contributed by atoms with van der Waals surface area (Å²) in [6, 6.07) is 0.597. The largest absolute Gasteiger partial charge is 0.465 e. The lowest BCUT2D eigenvalue weighted by atomic mass is 10.2. The highest BCUT2D eigenvalue weighted by Gasteiger charge is 2.30. The minimum atomic E-state index is -0.0856. The van der Waals surface area contributed by atoms with E-state index >= 15 is 0 Å². The topological polar surface area (TPSA) is 38.3 Å². The molecular weight excluding hydrogens is 222 g/mol. The van der Waals surface area contributed by atoms with Crippen LogP contribution in [0.2, 0.25) is 0 Å². The fraction of sp³-hybridized carbons (Fsp3) is 0.917. The molecule has 0 aliphatic heterocycles. The molecule has 1 aliphatic carbocycles. The fourth-order valence-electron chi connectivity index (χ4n) is 1.66.